The lowest BCUT2D eigenvalue weighted by molar-refractivity contribution is -0.00623. The fourth-order valence-corrected chi connectivity index (χ4v) is 3.12. The van der Waals surface area contributed by atoms with Crippen LogP contribution in [0.5, 0.6) is 0 Å². The van der Waals surface area contributed by atoms with Gasteiger partial charge in [0.15, 0.2) is 0 Å². The van der Waals surface area contributed by atoms with Crippen molar-refractivity contribution >= 4 is 0 Å². The van der Waals surface area contributed by atoms with E-state index in [2.05, 4.69) is 13.5 Å². The van der Waals surface area contributed by atoms with E-state index >= 15 is 0 Å². The fraction of sp³-hybridized carbons (Fsp3) is 0.833. The third-order valence-electron chi connectivity index (χ3n) is 4.38. The molecule has 14 heavy (non-hydrogen) atoms. The van der Waals surface area contributed by atoms with Crippen LogP contribution in [0.2, 0.25) is 0 Å². The van der Waals surface area contributed by atoms with E-state index in [1.807, 2.05) is 13.0 Å². The SMILES string of the molecule is C=C[C@@H]1CC[C@H]([C@H]2CO2)[C@@]1(C)[C@H](C)O. The molecule has 80 valence electrons. The van der Waals surface area contributed by atoms with E-state index in [1.54, 1.807) is 0 Å². The smallest absolute Gasteiger partial charge is 0.0844 e. The second kappa shape index (κ2) is 3.35. The van der Waals surface area contributed by atoms with E-state index in [0.717, 1.165) is 13.0 Å². The molecule has 2 rings (SSSR count). The molecule has 1 N–H and O–H groups in total. The largest absolute Gasteiger partial charge is 0.393 e. The summed E-state index contributed by atoms with van der Waals surface area (Å²) >= 11 is 0. The summed E-state index contributed by atoms with van der Waals surface area (Å²) in [7, 11) is 0. The number of hydrogen-bond donors (Lipinski definition) is 1. The Morgan fingerprint density at radius 3 is 2.64 bits per heavy atom. The molecular weight excluding hydrogens is 176 g/mol. The Balaban J connectivity index is 2.22. The van der Waals surface area contributed by atoms with Crippen molar-refractivity contribution in [1.29, 1.82) is 0 Å². The number of rotatable bonds is 3. The number of hydrogen-bond acceptors (Lipinski definition) is 2. The Labute approximate surface area is 86.0 Å². The zero-order chi connectivity index (χ0) is 10.3. The number of ether oxygens (including phenoxy) is 1. The molecule has 5 atom stereocenters. The molecule has 2 heteroatoms. The van der Waals surface area contributed by atoms with Crippen molar-refractivity contribution in [1.82, 2.24) is 0 Å². The molecule has 0 aromatic carbocycles. The summed E-state index contributed by atoms with van der Waals surface area (Å²) < 4.78 is 5.39. The van der Waals surface area contributed by atoms with Crippen molar-refractivity contribution < 1.29 is 9.84 Å². The first kappa shape index (κ1) is 10.2. The van der Waals surface area contributed by atoms with Crippen molar-refractivity contribution in [2.75, 3.05) is 6.61 Å². The quantitative estimate of drug-likeness (QED) is 0.553. The number of allylic oxidation sites excluding steroid dienone is 1. The first-order valence-corrected chi connectivity index (χ1v) is 5.53. The standard InChI is InChI=1S/C12H20O2/c1-4-9-5-6-10(11-7-14-11)12(9,3)8(2)13/h4,8-11,13H,1,5-7H2,2-3H3/t8-,9+,10+,11+,12-/m0/s1. The van der Waals surface area contributed by atoms with Crippen LogP contribution >= 0.6 is 0 Å². The molecule has 2 fully saturated rings. The van der Waals surface area contributed by atoms with Crippen molar-refractivity contribution in [3.63, 3.8) is 0 Å². The minimum atomic E-state index is -0.276. The molecule has 1 saturated carbocycles. The summed E-state index contributed by atoms with van der Waals surface area (Å²) in [6, 6.07) is 0. The van der Waals surface area contributed by atoms with Crippen LogP contribution in [-0.4, -0.2) is 23.9 Å². The van der Waals surface area contributed by atoms with Crippen LogP contribution in [0.3, 0.4) is 0 Å². The Morgan fingerprint density at radius 2 is 2.21 bits per heavy atom. The Bertz CT molecular complexity index is 232. The predicted octanol–water partition coefficient (Wildman–Crippen LogP) is 1.98. The third kappa shape index (κ3) is 1.32. The summed E-state index contributed by atoms with van der Waals surface area (Å²) in [5.74, 6) is 0.960. The molecule has 0 amide bonds. The van der Waals surface area contributed by atoms with Gasteiger partial charge in [-0.05, 0) is 31.6 Å². The molecule has 0 radical (unpaired) electrons. The van der Waals surface area contributed by atoms with Crippen molar-refractivity contribution in [3.8, 4) is 0 Å². The van der Waals surface area contributed by atoms with Crippen LogP contribution in [0, 0.1) is 17.3 Å². The van der Waals surface area contributed by atoms with Gasteiger partial charge in [0.25, 0.3) is 0 Å². The predicted molar refractivity (Wildman–Crippen MR) is 55.9 cm³/mol. The number of aliphatic hydroxyl groups is 1. The van der Waals surface area contributed by atoms with Crippen molar-refractivity contribution in [2.45, 2.75) is 38.9 Å². The molecule has 0 unspecified atom stereocenters. The minimum Gasteiger partial charge on any atom is -0.393 e. The maximum atomic E-state index is 9.96. The van der Waals surface area contributed by atoms with Crippen LogP contribution in [0.1, 0.15) is 26.7 Å². The molecule has 0 aromatic heterocycles. The van der Waals surface area contributed by atoms with Gasteiger partial charge < -0.3 is 9.84 Å². The van der Waals surface area contributed by atoms with Crippen LogP contribution in [0.25, 0.3) is 0 Å². The molecule has 0 bridgehead atoms. The highest BCUT2D eigenvalue weighted by Gasteiger charge is 2.54. The summed E-state index contributed by atoms with van der Waals surface area (Å²) in [4.78, 5) is 0. The lowest BCUT2D eigenvalue weighted by Gasteiger charge is -2.38. The molecule has 1 aliphatic carbocycles. The molecule has 2 aliphatic rings. The molecule has 1 saturated heterocycles. The van der Waals surface area contributed by atoms with Gasteiger partial charge in [0.05, 0.1) is 18.8 Å². The zero-order valence-electron chi connectivity index (χ0n) is 9.07. The lowest BCUT2D eigenvalue weighted by atomic mass is 9.69. The first-order chi connectivity index (χ1) is 6.60. The van der Waals surface area contributed by atoms with Crippen LogP contribution in [0.15, 0.2) is 12.7 Å². The van der Waals surface area contributed by atoms with E-state index in [9.17, 15) is 5.11 Å². The monoisotopic (exact) mass is 196 g/mol. The van der Waals surface area contributed by atoms with Gasteiger partial charge >= 0.3 is 0 Å². The number of aliphatic hydroxyl groups excluding tert-OH is 1. The summed E-state index contributed by atoms with van der Waals surface area (Å²) in [5.41, 5.74) is -0.0249. The topological polar surface area (TPSA) is 32.8 Å². The normalized spacial score (nSPS) is 48.9. The van der Waals surface area contributed by atoms with Gasteiger partial charge in [-0.25, -0.2) is 0 Å². The van der Waals surface area contributed by atoms with E-state index in [-0.39, 0.29) is 11.5 Å². The van der Waals surface area contributed by atoms with Gasteiger partial charge in [-0.3, -0.25) is 0 Å². The van der Waals surface area contributed by atoms with Gasteiger partial charge in [0.1, 0.15) is 0 Å². The number of epoxide rings is 1. The zero-order valence-corrected chi connectivity index (χ0v) is 9.07. The molecule has 0 aromatic rings. The van der Waals surface area contributed by atoms with Crippen LogP contribution in [0.4, 0.5) is 0 Å². The minimum absolute atomic E-state index is 0.0249. The van der Waals surface area contributed by atoms with E-state index < -0.39 is 0 Å². The van der Waals surface area contributed by atoms with Crippen LogP contribution < -0.4 is 0 Å². The molecule has 1 aliphatic heterocycles. The van der Waals surface area contributed by atoms with Gasteiger partial charge in [0, 0.05) is 5.41 Å². The molecule has 1 heterocycles. The second-order valence-corrected chi connectivity index (χ2v) is 4.94. The Hall–Kier alpha value is -0.340. The summed E-state index contributed by atoms with van der Waals surface area (Å²) in [6.07, 6.45) is 4.45. The summed E-state index contributed by atoms with van der Waals surface area (Å²) in [5, 5.41) is 9.96. The van der Waals surface area contributed by atoms with Crippen molar-refractivity contribution in [3.05, 3.63) is 12.7 Å². The van der Waals surface area contributed by atoms with Crippen molar-refractivity contribution in [2.24, 2.45) is 17.3 Å². The fourth-order valence-electron chi connectivity index (χ4n) is 3.12. The summed E-state index contributed by atoms with van der Waals surface area (Å²) in [6.45, 7) is 8.85. The van der Waals surface area contributed by atoms with Gasteiger partial charge in [-0.2, -0.15) is 0 Å². The van der Waals surface area contributed by atoms with Gasteiger partial charge in [-0.15, -0.1) is 6.58 Å². The highest BCUT2D eigenvalue weighted by atomic mass is 16.6. The third-order valence-corrected chi connectivity index (χ3v) is 4.38. The molecule has 0 spiro atoms. The maximum Gasteiger partial charge on any atom is 0.0844 e. The molecular formula is C12H20O2. The Kier molecular flexibility index (Phi) is 2.44. The van der Waals surface area contributed by atoms with E-state index in [4.69, 9.17) is 4.74 Å². The van der Waals surface area contributed by atoms with Gasteiger partial charge in [0.2, 0.25) is 0 Å². The Morgan fingerprint density at radius 1 is 1.57 bits per heavy atom. The van der Waals surface area contributed by atoms with E-state index in [0.29, 0.717) is 17.9 Å². The highest BCUT2D eigenvalue weighted by molar-refractivity contribution is 5.07. The second-order valence-electron chi connectivity index (χ2n) is 4.94. The average molecular weight is 196 g/mol. The van der Waals surface area contributed by atoms with Gasteiger partial charge in [-0.1, -0.05) is 13.0 Å². The maximum absolute atomic E-state index is 9.96. The average Bonchev–Trinajstić information content (AvgIpc) is 2.91. The van der Waals surface area contributed by atoms with E-state index in [1.165, 1.54) is 6.42 Å². The first-order valence-electron chi connectivity index (χ1n) is 5.53. The van der Waals surface area contributed by atoms with Crippen LogP contribution in [-0.2, 0) is 4.74 Å². The highest BCUT2D eigenvalue weighted by Crippen LogP contribution is 2.54. The lowest BCUT2D eigenvalue weighted by Crippen LogP contribution is -2.40. The molecule has 2 nitrogen and oxygen atoms in total.